The summed E-state index contributed by atoms with van der Waals surface area (Å²) in [5.41, 5.74) is 2.52. The number of rotatable bonds is 4. The number of benzene rings is 2. The average Bonchev–Trinajstić information content (AvgIpc) is 2.82. The van der Waals surface area contributed by atoms with Crippen molar-refractivity contribution in [2.75, 3.05) is 11.9 Å². The number of nitrogens with one attached hydrogen (secondary N) is 1. The third-order valence-electron chi connectivity index (χ3n) is 4.39. The van der Waals surface area contributed by atoms with Gasteiger partial charge in [0.1, 0.15) is 5.82 Å². The third kappa shape index (κ3) is 3.03. The summed E-state index contributed by atoms with van der Waals surface area (Å²) in [6.07, 6.45) is -0.0551. The number of fused-ring (bicyclic) bond motifs is 1. The van der Waals surface area contributed by atoms with Gasteiger partial charge in [0.2, 0.25) is 5.91 Å². The van der Waals surface area contributed by atoms with Gasteiger partial charge in [0.15, 0.2) is 0 Å². The molecule has 0 bridgehead atoms. The quantitative estimate of drug-likeness (QED) is 0.870. The Balaban J connectivity index is 1.67. The summed E-state index contributed by atoms with van der Waals surface area (Å²) in [7, 11) is 0. The van der Waals surface area contributed by atoms with E-state index in [9.17, 15) is 18.8 Å². The monoisotopic (exact) mass is 340 g/mol. The lowest BCUT2D eigenvalue weighted by Gasteiger charge is -2.14. The maximum Gasteiger partial charge on any atom is 0.264 e. The van der Waals surface area contributed by atoms with Crippen molar-refractivity contribution in [3.05, 3.63) is 64.5 Å². The molecule has 2 aromatic carbocycles. The summed E-state index contributed by atoms with van der Waals surface area (Å²) in [6.45, 7) is 3.75. The fourth-order valence-electron chi connectivity index (χ4n) is 2.81. The molecule has 2 aromatic rings. The molecule has 0 radical (unpaired) electrons. The highest BCUT2D eigenvalue weighted by atomic mass is 19.1. The number of halogens is 1. The number of anilines is 1. The van der Waals surface area contributed by atoms with Crippen molar-refractivity contribution in [2.24, 2.45) is 0 Å². The molecule has 1 aliphatic rings. The second-order valence-corrected chi connectivity index (χ2v) is 5.97. The van der Waals surface area contributed by atoms with Crippen LogP contribution >= 0.6 is 0 Å². The molecule has 0 aromatic heterocycles. The lowest BCUT2D eigenvalue weighted by atomic mass is 10.1. The molecule has 6 heteroatoms. The normalized spacial score (nSPS) is 13.2. The highest BCUT2D eigenvalue weighted by molar-refractivity contribution is 6.21. The summed E-state index contributed by atoms with van der Waals surface area (Å²) in [5.74, 6) is -2.31. The molecule has 1 heterocycles. The molecule has 0 aliphatic carbocycles. The standard InChI is InChI=1S/C19H17FN2O3/c1-11-5-3-8-15(12(11)2)21-16(23)9-10-22-18(24)13-6-4-7-14(20)17(13)19(22)25/h3-8H,9-10H2,1-2H3,(H,21,23). The number of nitrogens with zero attached hydrogens (tertiary/aromatic N) is 1. The molecule has 25 heavy (non-hydrogen) atoms. The maximum absolute atomic E-state index is 13.8. The van der Waals surface area contributed by atoms with E-state index in [0.29, 0.717) is 5.69 Å². The Morgan fingerprint density at radius 3 is 2.52 bits per heavy atom. The Morgan fingerprint density at radius 1 is 1.08 bits per heavy atom. The second kappa shape index (κ2) is 6.47. The van der Waals surface area contributed by atoms with E-state index in [2.05, 4.69) is 5.32 Å². The van der Waals surface area contributed by atoms with Gasteiger partial charge in [-0.3, -0.25) is 19.3 Å². The first-order chi connectivity index (χ1) is 11.9. The molecule has 0 atom stereocenters. The third-order valence-corrected chi connectivity index (χ3v) is 4.39. The van der Waals surface area contributed by atoms with Crippen LogP contribution in [0.1, 0.15) is 38.3 Å². The van der Waals surface area contributed by atoms with E-state index in [-0.39, 0.29) is 30.0 Å². The minimum Gasteiger partial charge on any atom is -0.326 e. The van der Waals surface area contributed by atoms with Crippen LogP contribution in [-0.2, 0) is 4.79 Å². The van der Waals surface area contributed by atoms with Crippen LogP contribution in [0.2, 0.25) is 0 Å². The summed E-state index contributed by atoms with van der Waals surface area (Å²) in [6, 6.07) is 9.51. The fourth-order valence-corrected chi connectivity index (χ4v) is 2.81. The van der Waals surface area contributed by atoms with Gasteiger partial charge in [0.05, 0.1) is 11.1 Å². The van der Waals surface area contributed by atoms with Gasteiger partial charge in [0.25, 0.3) is 11.8 Å². The van der Waals surface area contributed by atoms with Gasteiger partial charge in [-0.25, -0.2) is 4.39 Å². The number of amides is 3. The second-order valence-electron chi connectivity index (χ2n) is 5.97. The molecule has 1 aliphatic heterocycles. The first kappa shape index (κ1) is 16.8. The van der Waals surface area contributed by atoms with Gasteiger partial charge in [-0.15, -0.1) is 0 Å². The molecule has 0 saturated heterocycles. The molecule has 3 rings (SSSR count). The number of carbonyl (C=O) groups is 3. The number of imide groups is 1. The molecule has 0 fully saturated rings. The van der Waals surface area contributed by atoms with Gasteiger partial charge in [-0.1, -0.05) is 18.2 Å². The summed E-state index contributed by atoms with van der Waals surface area (Å²) < 4.78 is 13.8. The number of hydrogen-bond acceptors (Lipinski definition) is 3. The van der Waals surface area contributed by atoms with E-state index in [0.717, 1.165) is 22.1 Å². The lowest BCUT2D eigenvalue weighted by molar-refractivity contribution is -0.116. The zero-order chi connectivity index (χ0) is 18.1. The SMILES string of the molecule is Cc1cccc(NC(=O)CCN2C(=O)c3cccc(F)c3C2=O)c1C. The van der Waals surface area contributed by atoms with Crippen molar-refractivity contribution in [1.29, 1.82) is 0 Å². The Bertz CT molecular complexity index is 892. The van der Waals surface area contributed by atoms with E-state index in [4.69, 9.17) is 0 Å². The Labute approximate surface area is 144 Å². The fraction of sp³-hybridized carbons (Fsp3) is 0.211. The topological polar surface area (TPSA) is 66.5 Å². The molecular formula is C19H17FN2O3. The smallest absolute Gasteiger partial charge is 0.264 e. The Kier molecular flexibility index (Phi) is 4.35. The minimum absolute atomic E-state index is 0.0416. The highest BCUT2D eigenvalue weighted by Gasteiger charge is 2.37. The Morgan fingerprint density at radius 2 is 1.80 bits per heavy atom. The van der Waals surface area contributed by atoms with Gasteiger partial charge >= 0.3 is 0 Å². The van der Waals surface area contributed by atoms with E-state index in [1.165, 1.54) is 12.1 Å². The van der Waals surface area contributed by atoms with E-state index in [1.807, 2.05) is 26.0 Å². The molecule has 5 nitrogen and oxygen atoms in total. The predicted octanol–water partition coefficient (Wildman–Crippen LogP) is 3.07. The predicted molar refractivity (Wildman–Crippen MR) is 90.9 cm³/mol. The molecule has 128 valence electrons. The first-order valence-corrected chi connectivity index (χ1v) is 7.91. The maximum atomic E-state index is 13.8. The number of carbonyl (C=O) groups excluding carboxylic acids is 3. The van der Waals surface area contributed by atoms with Crippen molar-refractivity contribution in [2.45, 2.75) is 20.3 Å². The number of hydrogen-bond donors (Lipinski definition) is 1. The van der Waals surface area contributed by atoms with Crippen molar-refractivity contribution in [3.8, 4) is 0 Å². The van der Waals surface area contributed by atoms with Crippen molar-refractivity contribution < 1.29 is 18.8 Å². The van der Waals surface area contributed by atoms with Crippen molar-refractivity contribution in [3.63, 3.8) is 0 Å². The summed E-state index contributed by atoms with van der Waals surface area (Å²) in [5, 5.41) is 2.77. The zero-order valence-electron chi connectivity index (χ0n) is 13.9. The van der Waals surface area contributed by atoms with Gasteiger partial charge < -0.3 is 5.32 Å². The molecular weight excluding hydrogens is 323 g/mol. The van der Waals surface area contributed by atoms with Crippen LogP contribution in [0.4, 0.5) is 10.1 Å². The van der Waals surface area contributed by atoms with Crippen LogP contribution in [0.3, 0.4) is 0 Å². The molecule has 0 saturated carbocycles. The van der Waals surface area contributed by atoms with Crippen LogP contribution in [0.15, 0.2) is 36.4 Å². The van der Waals surface area contributed by atoms with E-state index >= 15 is 0 Å². The van der Waals surface area contributed by atoms with Crippen molar-refractivity contribution in [1.82, 2.24) is 4.90 Å². The average molecular weight is 340 g/mol. The van der Waals surface area contributed by atoms with Gasteiger partial charge in [0, 0.05) is 18.7 Å². The lowest BCUT2D eigenvalue weighted by Crippen LogP contribution is -2.33. The summed E-state index contributed by atoms with van der Waals surface area (Å²) in [4.78, 5) is 37.5. The first-order valence-electron chi connectivity index (χ1n) is 7.91. The Hall–Kier alpha value is -3.02. The number of aryl methyl sites for hydroxylation is 1. The zero-order valence-corrected chi connectivity index (χ0v) is 13.9. The van der Waals surface area contributed by atoms with Crippen LogP contribution in [0.25, 0.3) is 0 Å². The largest absolute Gasteiger partial charge is 0.326 e. The molecule has 1 N–H and O–H groups in total. The van der Waals surface area contributed by atoms with Crippen LogP contribution in [0.5, 0.6) is 0 Å². The molecule has 3 amide bonds. The highest BCUT2D eigenvalue weighted by Crippen LogP contribution is 2.25. The van der Waals surface area contributed by atoms with E-state index < -0.39 is 17.6 Å². The van der Waals surface area contributed by atoms with Gasteiger partial charge in [-0.05, 0) is 43.2 Å². The van der Waals surface area contributed by atoms with Crippen LogP contribution < -0.4 is 5.32 Å². The van der Waals surface area contributed by atoms with Crippen molar-refractivity contribution >= 4 is 23.4 Å². The molecule has 0 unspecified atom stereocenters. The summed E-state index contributed by atoms with van der Waals surface area (Å²) >= 11 is 0. The van der Waals surface area contributed by atoms with Crippen LogP contribution in [0, 0.1) is 19.7 Å². The van der Waals surface area contributed by atoms with E-state index in [1.54, 1.807) is 6.07 Å². The minimum atomic E-state index is -0.724. The van der Waals surface area contributed by atoms with Gasteiger partial charge in [-0.2, -0.15) is 0 Å². The van der Waals surface area contributed by atoms with Crippen LogP contribution in [-0.4, -0.2) is 29.2 Å². The molecule has 0 spiro atoms.